The molecule has 2 heterocycles. The van der Waals surface area contributed by atoms with Crippen molar-refractivity contribution >= 4 is 39.8 Å². The Hall–Kier alpha value is -4.37. The molecule has 1 fully saturated rings. The number of ether oxygens (including phenoxy) is 1. The summed E-state index contributed by atoms with van der Waals surface area (Å²) in [5, 5.41) is 7.47. The van der Waals surface area contributed by atoms with Crippen LogP contribution in [0.4, 0.5) is 23.0 Å². The van der Waals surface area contributed by atoms with Crippen LogP contribution < -0.4 is 20.3 Å². The van der Waals surface area contributed by atoms with Crippen LogP contribution in [0.3, 0.4) is 0 Å². The summed E-state index contributed by atoms with van der Waals surface area (Å²) >= 11 is 0. The smallest absolute Gasteiger partial charge is 0.247 e. The number of fused-ring (bicyclic) bond motifs is 1. The fraction of sp³-hybridized carbons (Fsp3) is 0.323. The molecule has 2 aromatic heterocycles. The Morgan fingerprint density at radius 3 is 2.70 bits per heavy atom. The summed E-state index contributed by atoms with van der Waals surface area (Å²) in [6, 6.07) is 14.0. The summed E-state index contributed by atoms with van der Waals surface area (Å²) in [4.78, 5) is 26.0. The van der Waals surface area contributed by atoms with Crippen molar-refractivity contribution in [2.45, 2.75) is 12.8 Å². The molecule has 0 unspecified atom stereocenters. The zero-order valence-corrected chi connectivity index (χ0v) is 23.6. The molecule has 0 radical (unpaired) electrons. The number of amides is 1. The third kappa shape index (κ3) is 6.26. The van der Waals surface area contributed by atoms with Gasteiger partial charge in [0, 0.05) is 62.1 Å². The Morgan fingerprint density at radius 2 is 1.95 bits per heavy atom. The highest BCUT2D eigenvalue weighted by atomic mass is 16.5. The zero-order chi connectivity index (χ0) is 28.2. The molecule has 2 N–H and O–H groups in total. The fourth-order valence-corrected chi connectivity index (χ4v) is 4.58. The third-order valence-electron chi connectivity index (χ3n) is 7.08. The molecule has 40 heavy (non-hydrogen) atoms. The molecule has 1 aliphatic rings. The average Bonchev–Trinajstić information content (AvgIpc) is 3.72. The number of benzene rings is 2. The van der Waals surface area contributed by atoms with Crippen LogP contribution in [-0.4, -0.2) is 66.2 Å². The normalized spacial score (nSPS) is 12.9. The second-order valence-electron chi connectivity index (χ2n) is 10.6. The number of carbonyl (C=O) groups is 1. The topological polar surface area (TPSA) is 87.5 Å². The van der Waals surface area contributed by atoms with E-state index in [1.165, 1.54) is 18.9 Å². The lowest BCUT2D eigenvalue weighted by molar-refractivity contribution is -0.111. The van der Waals surface area contributed by atoms with E-state index in [4.69, 9.17) is 9.72 Å². The molecule has 9 heteroatoms. The number of anilines is 4. The lowest BCUT2D eigenvalue weighted by atomic mass is 10.1. The first-order valence-electron chi connectivity index (χ1n) is 13.6. The van der Waals surface area contributed by atoms with Crippen molar-refractivity contribution in [2.24, 2.45) is 13.0 Å². The SMILES string of the molecule is C=CC(=O)Nc1cc(Nc2nccc(-c3cn(C)c4ccccc34)n2)c(OCC2CC2)cc1N(C)CCN(C)C. The van der Waals surface area contributed by atoms with E-state index in [2.05, 4.69) is 54.9 Å². The van der Waals surface area contributed by atoms with E-state index < -0.39 is 0 Å². The molecule has 0 spiro atoms. The quantitative estimate of drug-likeness (QED) is 0.237. The first-order chi connectivity index (χ1) is 19.3. The number of rotatable bonds is 12. The van der Waals surface area contributed by atoms with Crippen LogP contribution >= 0.6 is 0 Å². The number of carbonyl (C=O) groups excluding carboxylic acids is 1. The minimum atomic E-state index is -0.283. The predicted octanol–water partition coefficient (Wildman–Crippen LogP) is 5.29. The minimum absolute atomic E-state index is 0.283. The molecule has 0 bridgehead atoms. The Labute approximate surface area is 235 Å². The minimum Gasteiger partial charge on any atom is -0.491 e. The van der Waals surface area contributed by atoms with Gasteiger partial charge in [-0.05, 0) is 57.1 Å². The van der Waals surface area contributed by atoms with Crippen molar-refractivity contribution in [1.29, 1.82) is 0 Å². The maximum absolute atomic E-state index is 12.4. The number of nitrogens with one attached hydrogen (secondary N) is 2. The van der Waals surface area contributed by atoms with Gasteiger partial charge < -0.3 is 29.7 Å². The number of aryl methyl sites for hydroxylation is 1. The van der Waals surface area contributed by atoms with Gasteiger partial charge in [0.15, 0.2) is 0 Å². The molecule has 1 aliphatic carbocycles. The van der Waals surface area contributed by atoms with Crippen LogP contribution in [0.25, 0.3) is 22.2 Å². The number of hydrogen-bond acceptors (Lipinski definition) is 7. The Balaban J connectivity index is 1.51. The van der Waals surface area contributed by atoms with Crippen LogP contribution in [0.5, 0.6) is 5.75 Å². The van der Waals surface area contributed by atoms with Crippen molar-refractivity contribution in [2.75, 3.05) is 56.4 Å². The molecule has 0 aliphatic heterocycles. The van der Waals surface area contributed by atoms with Gasteiger partial charge in [-0.1, -0.05) is 24.8 Å². The lowest BCUT2D eigenvalue weighted by Crippen LogP contribution is -2.29. The summed E-state index contributed by atoms with van der Waals surface area (Å²) < 4.78 is 8.42. The molecule has 208 valence electrons. The summed E-state index contributed by atoms with van der Waals surface area (Å²) in [6.07, 6.45) is 7.47. The largest absolute Gasteiger partial charge is 0.491 e. The van der Waals surface area contributed by atoms with E-state index in [1.807, 2.05) is 58.5 Å². The first-order valence-corrected chi connectivity index (χ1v) is 13.6. The summed E-state index contributed by atoms with van der Waals surface area (Å²) in [5.74, 6) is 1.42. The first kappa shape index (κ1) is 27.2. The summed E-state index contributed by atoms with van der Waals surface area (Å²) in [5.41, 5.74) is 5.18. The highest BCUT2D eigenvalue weighted by molar-refractivity contribution is 6.02. The maximum Gasteiger partial charge on any atom is 0.247 e. The fourth-order valence-electron chi connectivity index (χ4n) is 4.58. The van der Waals surface area contributed by atoms with Gasteiger partial charge in [0.25, 0.3) is 0 Å². The Bertz CT molecular complexity index is 1520. The summed E-state index contributed by atoms with van der Waals surface area (Å²) in [7, 11) is 8.12. The van der Waals surface area contributed by atoms with E-state index in [-0.39, 0.29) is 5.91 Å². The highest BCUT2D eigenvalue weighted by Gasteiger charge is 2.24. The van der Waals surface area contributed by atoms with E-state index >= 15 is 0 Å². The van der Waals surface area contributed by atoms with E-state index in [0.717, 1.165) is 40.9 Å². The Morgan fingerprint density at radius 1 is 1.15 bits per heavy atom. The molecule has 2 aromatic carbocycles. The van der Waals surface area contributed by atoms with Gasteiger partial charge in [0.1, 0.15) is 5.75 Å². The van der Waals surface area contributed by atoms with Crippen LogP contribution in [0.2, 0.25) is 0 Å². The third-order valence-corrected chi connectivity index (χ3v) is 7.08. The second kappa shape index (κ2) is 11.8. The van der Waals surface area contributed by atoms with Gasteiger partial charge in [-0.3, -0.25) is 4.79 Å². The van der Waals surface area contributed by atoms with Crippen LogP contribution in [0.1, 0.15) is 12.8 Å². The van der Waals surface area contributed by atoms with Crippen molar-refractivity contribution < 1.29 is 9.53 Å². The lowest BCUT2D eigenvalue weighted by Gasteiger charge is -2.26. The zero-order valence-electron chi connectivity index (χ0n) is 23.6. The number of likely N-dealkylation sites (N-methyl/N-ethyl adjacent to an activating group) is 2. The molecule has 0 atom stereocenters. The second-order valence-corrected chi connectivity index (χ2v) is 10.6. The van der Waals surface area contributed by atoms with Crippen molar-refractivity contribution in [3.8, 4) is 17.0 Å². The standard InChI is InChI=1S/C31H37N7O2/c1-6-30(39)33-25-17-26(29(40-20-21-11-12-21)18-28(25)37(4)16-15-36(2)3)35-31-32-14-13-24(34-31)23-19-38(5)27-10-8-7-9-22(23)27/h6-10,13-14,17-19,21H,1,11-12,15-16,20H2,2-5H3,(H,33,39)(H,32,34,35). The predicted molar refractivity (Wildman–Crippen MR) is 163 cm³/mol. The summed E-state index contributed by atoms with van der Waals surface area (Å²) in [6.45, 7) is 5.90. The number of para-hydroxylation sites is 1. The van der Waals surface area contributed by atoms with Crippen molar-refractivity contribution in [3.05, 3.63) is 67.5 Å². The molecule has 0 saturated heterocycles. The molecule has 1 saturated carbocycles. The van der Waals surface area contributed by atoms with Gasteiger partial charge in [0.2, 0.25) is 11.9 Å². The Kier molecular flexibility index (Phi) is 8.02. The molecule has 9 nitrogen and oxygen atoms in total. The number of nitrogens with zero attached hydrogens (tertiary/aromatic N) is 5. The monoisotopic (exact) mass is 539 g/mol. The van der Waals surface area contributed by atoms with Crippen LogP contribution in [0.15, 0.2) is 67.5 Å². The van der Waals surface area contributed by atoms with Gasteiger partial charge in [-0.2, -0.15) is 0 Å². The van der Waals surface area contributed by atoms with Gasteiger partial charge >= 0.3 is 0 Å². The average molecular weight is 540 g/mol. The van der Waals surface area contributed by atoms with E-state index in [9.17, 15) is 4.79 Å². The van der Waals surface area contributed by atoms with Crippen molar-refractivity contribution in [1.82, 2.24) is 19.4 Å². The van der Waals surface area contributed by atoms with Crippen molar-refractivity contribution in [3.63, 3.8) is 0 Å². The molecular weight excluding hydrogens is 502 g/mol. The molecule has 5 rings (SSSR count). The molecular formula is C31H37N7O2. The highest BCUT2D eigenvalue weighted by Crippen LogP contribution is 2.40. The molecule has 4 aromatic rings. The van der Waals surface area contributed by atoms with Gasteiger partial charge in [-0.25, -0.2) is 9.97 Å². The number of hydrogen-bond donors (Lipinski definition) is 2. The maximum atomic E-state index is 12.4. The van der Waals surface area contributed by atoms with Crippen LogP contribution in [-0.2, 0) is 11.8 Å². The molecule has 1 amide bonds. The van der Waals surface area contributed by atoms with E-state index in [1.54, 1.807) is 6.20 Å². The van der Waals surface area contributed by atoms with Crippen LogP contribution in [0, 0.1) is 5.92 Å². The van der Waals surface area contributed by atoms with Gasteiger partial charge in [0.05, 0.1) is 29.4 Å². The van der Waals surface area contributed by atoms with Gasteiger partial charge in [-0.15, -0.1) is 0 Å². The van der Waals surface area contributed by atoms with E-state index in [0.29, 0.717) is 35.6 Å². The number of aromatic nitrogens is 3.